The van der Waals surface area contributed by atoms with Crippen molar-refractivity contribution in [3.05, 3.63) is 28.8 Å². The van der Waals surface area contributed by atoms with E-state index >= 15 is 0 Å². The van der Waals surface area contributed by atoms with Crippen LogP contribution in [0.5, 0.6) is 0 Å². The third kappa shape index (κ3) is 3.14. The van der Waals surface area contributed by atoms with Crippen molar-refractivity contribution >= 4 is 52.3 Å². The highest BCUT2D eigenvalue weighted by Crippen LogP contribution is 2.53. The number of hydrogen-bond acceptors (Lipinski definition) is 2. The van der Waals surface area contributed by atoms with Crippen molar-refractivity contribution in [2.75, 3.05) is 12.4 Å². The Labute approximate surface area is 125 Å². The molecule has 1 aliphatic carbocycles. The van der Waals surface area contributed by atoms with Crippen molar-refractivity contribution in [3.8, 4) is 0 Å². The first-order valence-electron chi connectivity index (χ1n) is 5.55. The molecule has 1 fully saturated rings. The number of benzene rings is 1. The summed E-state index contributed by atoms with van der Waals surface area (Å²) in [5, 5.41) is 5.46. The number of alkyl halides is 2. The van der Waals surface area contributed by atoms with E-state index < -0.39 is 10.3 Å². The average Bonchev–Trinajstić information content (AvgIpc) is 3.00. The van der Waals surface area contributed by atoms with Gasteiger partial charge in [0.25, 0.3) is 5.91 Å². The molecular formula is C12H11Cl3N2O2. The molecule has 7 heteroatoms. The van der Waals surface area contributed by atoms with E-state index in [4.69, 9.17) is 34.8 Å². The number of carbonyl (C=O) groups is 2. The van der Waals surface area contributed by atoms with E-state index in [0.717, 1.165) is 0 Å². The van der Waals surface area contributed by atoms with Gasteiger partial charge in [0, 0.05) is 12.6 Å². The van der Waals surface area contributed by atoms with E-state index in [1.165, 1.54) is 13.1 Å². The van der Waals surface area contributed by atoms with E-state index in [2.05, 4.69) is 10.6 Å². The number of halogens is 3. The van der Waals surface area contributed by atoms with Gasteiger partial charge >= 0.3 is 0 Å². The second-order valence-corrected chi connectivity index (χ2v) is 6.23. The molecule has 102 valence electrons. The Balaban J connectivity index is 2.16. The zero-order valence-corrected chi connectivity index (χ0v) is 12.2. The van der Waals surface area contributed by atoms with Crippen LogP contribution in [0, 0.1) is 5.92 Å². The lowest BCUT2D eigenvalue weighted by atomic mass is 10.2. The summed E-state index contributed by atoms with van der Waals surface area (Å²) in [6.45, 7) is 0. The van der Waals surface area contributed by atoms with Crippen LogP contribution in [0.25, 0.3) is 0 Å². The molecule has 1 aromatic rings. The third-order valence-electron chi connectivity index (χ3n) is 2.86. The number of rotatable bonds is 3. The molecule has 2 rings (SSSR count). The van der Waals surface area contributed by atoms with Crippen molar-refractivity contribution in [2.24, 2.45) is 5.92 Å². The van der Waals surface area contributed by atoms with Gasteiger partial charge in [-0.3, -0.25) is 9.59 Å². The molecular weight excluding hydrogens is 311 g/mol. The summed E-state index contributed by atoms with van der Waals surface area (Å²) in [5.41, 5.74) is 0.768. The molecule has 2 amide bonds. The van der Waals surface area contributed by atoms with Crippen LogP contribution in [0.1, 0.15) is 16.8 Å². The molecule has 1 unspecified atom stereocenters. The quantitative estimate of drug-likeness (QED) is 0.841. The highest BCUT2D eigenvalue weighted by atomic mass is 35.5. The van der Waals surface area contributed by atoms with Gasteiger partial charge in [0.15, 0.2) is 0 Å². The van der Waals surface area contributed by atoms with Crippen molar-refractivity contribution in [3.63, 3.8) is 0 Å². The van der Waals surface area contributed by atoms with Crippen LogP contribution < -0.4 is 10.6 Å². The highest BCUT2D eigenvalue weighted by Gasteiger charge is 2.56. The summed E-state index contributed by atoms with van der Waals surface area (Å²) < 4.78 is -0.991. The summed E-state index contributed by atoms with van der Waals surface area (Å²) in [4.78, 5) is 23.4. The predicted molar refractivity (Wildman–Crippen MR) is 76.0 cm³/mol. The minimum Gasteiger partial charge on any atom is -0.355 e. The summed E-state index contributed by atoms with van der Waals surface area (Å²) >= 11 is 17.6. The fourth-order valence-electron chi connectivity index (χ4n) is 1.62. The SMILES string of the molecule is CNC(=O)c1ccc(Cl)c(NC(=O)C2CC2(Cl)Cl)c1. The maximum absolute atomic E-state index is 11.9. The van der Waals surface area contributed by atoms with Crippen LogP contribution in [-0.4, -0.2) is 23.2 Å². The van der Waals surface area contributed by atoms with Crippen molar-refractivity contribution in [2.45, 2.75) is 10.8 Å². The van der Waals surface area contributed by atoms with E-state index in [0.29, 0.717) is 22.7 Å². The molecule has 0 spiro atoms. The molecule has 1 aromatic carbocycles. The lowest BCUT2D eigenvalue weighted by Gasteiger charge is -2.09. The summed E-state index contributed by atoms with van der Waals surface area (Å²) in [6, 6.07) is 4.62. The molecule has 0 saturated heterocycles. The number of hydrogen-bond donors (Lipinski definition) is 2. The van der Waals surface area contributed by atoms with Gasteiger partial charge in [-0.2, -0.15) is 0 Å². The van der Waals surface area contributed by atoms with Crippen molar-refractivity contribution in [1.82, 2.24) is 5.32 Å². The van der Waals surface area contributed by atoms with Gasteiger partial charge in [-0.05, 0) is 24.6 Å². The van der Waals surface area contributed by atoms with Crippen LogP contribution >= 0.6 is 34.8 Å². The van der Waals surface area contributed by atoms with E-state index in [1.54, 1.807) is 12.1 Å². The second-order valence-electron chi connectivity index (χ2n) is 4.28. The van der Waals surface area contributed by atoms with Crippen molar-refractivity contribution < 1.29 is 9.59 Å². The molecule has 1 saturated carbocycles. The monoisotopic (exact) mass is 320 g/mol. The van der Waals surface area contributed by atoms with Gasteiger partial charge in [-0.15, -0.1) is 23.2 Å². The van der Waals surface area contributed by atoms with Gasteiger partial charge in [0.2, 0.25) is 5.91 Å². The molecule has 1 aliphatic rings. The molecule has 0 aliphatic heterocycles. The molecule has 4 nitrogen and oxygen atoms in total. The number of amides is 2. The summed E-state index contributed by atoms with van der Waals surface area (Å²) in [7, 11) is 1.52. The second kappa shape index (κ2) is 5.19. The predicted octanol–water partition coefficient (Wildman–Crippen LogP) is 2.83. The van der Waals surface area contributed by atoms with Crippen molar-refractivity contribution in [1.29, 1.82) is 0 Å². The van der Waals surface area contributed by atoms with E-state index in [9.17, 15) is 9.59 Å². The molecule has 19 heavy (non-hydrogen) atoms. The molecule has 0 heterocycles. The molecule has 0 bridgehead atoms. The Morgan fingerprint density at radius 3 is 2.53 bits per heavy atom. The van der Waals surface area contributed by atoms with Gasteiger partial charge < -0.3 is 10.6 Å². The molecule has 0 aromatic heterocycles. The summed E-state index contributed by atoms with van der Waals surface area (Å²) in [6.07, 6.45) is 0.411. The number of carbonyl (C=O) groups excluding carboxylic acids is 2. The topological polar surface area (TPSA) is 58.2 Å². The van der Waals surface area contributed by atoms with Crippen LogP contribution in [0.3, 0.4) is 0 Å². The molecule has 2 N–H and O–H groups in total. The lowest BCUT2D eigenvalue weighted by Crippen LogP contribution is -2.20. The van der Waals surface area contributed by atoms with Gasteiger partial charge in [-0.25, -0.2) is 0 Å². The van der Waals surface area contributed by atoms with Crippen LogP contribution in [0.2, 0.25) is 5.02 Å². The standard InChI is InChI=1S/C12H11Cl3N2O2/c1-16-10(18)6-2-3-8(13)9(4-6)17-11(19)7-5-12(7,14)15/h2-4,7H,5H2,1H3,(H,16,18)(H,17,19). The third-order valence-corrected chi connectivity index (χ3v) is 4.02. The maximum atomic E-state index is 11.9. The number of anilines is 1. The van der Waals surface area contributed by atoms with E-state index in [1.807, 2.05) is 0 Å². The smallest absolute Gasteiger partial charge is 0.251 e. The molecule has 0 radical (unpaired) electrons. The fraction of sp³-hybridized carbons (Fsp3) is 0.333. The number of nitrogens with one attached hydrogen (secondary N) is 2. The Morgan fingerprint density at radius 1 is 1.37 bits per heavy atom. The Hall–Kier alpha value is -0.970. The summed E-state index contributed by atoms with van der Waals surface area (Å²) in [5.74, 6) is -1.01. The average molecular weight is 322 g/mol. The fourth-order valence-corrected chi connectivity index (χ4v) is 2.30. The lowest BCUT2D eigenvalue weighted by molar-refractivity contribution is -0.117. The van der Waals surface area contributed by atoms with Gasteiger partial charge in [0.05, 0.1) is 16.6 Å². The van der Waals surface area contributed by atoms with Gasteiger partial charge in [0.1, 0.15) is 4.33 Å². The highest BCUT2D eigenvalue weighted by molar-refractivity contribution is 6.52. The Kier molecular flexibility index (Phi) is 3.95. The van der Waals surface area contributed by atoms with Crippen LogP contribution in [0.15, 0.2) is 18.2 Å². The normalized spacial score (nSPS) is 19.7. The molecule has 1 atom stereocenters. The zero-order valence-electron chi connectivity index (χ0n) is 9.97. The van der Waals surface area contributed by atoms with E-state index in [-0.39, 0.29) is 11.8 Å². The van der Waals surface area contributed by atoms with Crippen LogP contribution in [-0.2, 0) is 4.79 Å². The Morgan fingerprint density at radius 2 is 2.00 bits per heavy atom. The zero-order chi connectivity index (χ0) is 14.2. The minimum atomic E-state index is -0.991. The maximum Gasteiger partial charge on any atom is 0.251 e. The van der Waals surface area contributed by atoms with Crippen LogP contribution in [0.4, 0.5) is 5.69 Å². The first-order chi connectivity index (χ1) is 8.85. The Bertz CT molecular complexity index is 546. The largest absolute Gasteiger partial charge is 0.355 e. The first-order valence-corrected chi connectivity index (χ1v) is 6.69. The van der Waals surface area contributed by atoms with Gasteiger partial charge in [-0.1, -0.05) is 11.6 Å². The first kappa shape index (κ1) is 14.4. The minimum absolute atomic E-state index is 0.261.